The van der Waals surface area contributed by atoms with Gasteiger partial charge in [-0.1, -0.05) is 37.6 Å². The molecular formula is C16H22ClN3. The van der Waals surface area contributed by atoms with Gasteiger partial charge in [-0.3, -0.25) is 0 Å². The van der Waals surface area contributed by atoms with Crippen LogP contribution in [-0.4, -0.2) is 16.1 Å². The quantitative estimate of drug-likeness (QED) is 0.925. The number of nitrogens with one attached hydrogen (secondary N) is 1. The zero-order chi connectivity index (χ0) is 14.4. The first-order chi connectivity index (χ1) is 9.83. The van der Waals surface area contributed by atoms with Gasteiger partial charge in [-0.05, 0) is 37.1 Å². The summed E-state index contributed by atoms with van der Waals surface area (Å²) in [6.45, 7) is 5.95. The summed E-state index contributed by atoms with van der Waals surface area (Å²) in [6.07, 6.45) is 6.34. The molecule has 1 N–H and O–H groups in total. The molecule has 1 fully saturated rings. The first-order valence-corrected chi connectivity index (χ1v) is 7.69. The lowest BCUT2D eigenvalue weighted by Gasteiger charge is -2.13. The van der Waals surface area contributed by atoms with Gasteiger partial charge in [0, 0.05) is 24.0 Å². The molecule has 1 saturated heterocycles. The molecule has 2 heterocycles. The molecule has 3 nitrogen and oxygen atoms in total. The number of halogens is 1. The number of hydrogen-bond donors (Lipinski definition) is 1. The van der Waals surface area contributed by atoms with Gasteiger partial charge in [0.15, 0.2) is 0 Å². The molecule has 0 bridgehead atoms. The van der Waals surface area contributed by atoms with Gasteiger partial charge in [0.05, 0.1) is 6.04 Å². The largest absolute Gasteiger partial charge is 0.329 e. The van der Waals surface area contributed by atoms with E-state index in [0.717, 1.165) is 23.9 Å². The number of nitrogens with zero attached hydrogens (tertiary/aromatic N) is 2. The van der Waals surface area contributed by atoms with Crippen molar-refractivity contribution in [3.8, 4) is 0 Å². The van der Waals surface area contributed by atoms with E-state index in [9.17, 15) is 0 Å². The fourth-order valence-corrected chi connectivity index (χ4v) is 2.58. The lowest BCUT2D eigenvalue weighted by atomic mass is 10.2. The number of hydrogen-bond acceptors (Lipinski definition) is 2. The van der Waals surface area contributed by atoms with Crippen LogP contribution in [0, 0.1) is 0 Å². The predicted octanol–water partition coefficient (Wildman–Crippen LogP) is 4.04. The Hall–Kier alpha value is -1.32. The van der Waals surface area contributed by atoms with Crippen LogP contribution < -0.4 is 5.32 Å². The van der Waals surface area contributed by atoms with Crippen molar-refractivity contribution in [2.45, 2.75) is 39.3 Å². The molecule has 1 aromatic heterocycles. The van der Waals surface area contributed by atoms with Crippen LogP contribution in [-0.2, 0) is 6.54 Å². The molecule has 1 aromatic carbocycles. The number of benzene rings is 1. The third kappa shape index (κ3) is 3.62. The van der Waals surface area contributed by atoms with Crippen LogP contribution in [0.15, 0.2) is 36.7 Å². The van der Waals surface area contributed by atoms with Gasteiger partial charge < -0.3 is 9.88 Å². The van der Waals surface area contributed by atoms with E-state index in [0.29, 0.717) is 6.04 Å². The highest BCUT2D eigenvalue weighted by Gasteiger charge is 2.20. The summed E-state index contributed by atoms with van der Waals surface area (Å²) in [5, 5.41) is 4.27. The lowest BCUT2D eigenvalue weighted by Crippen LogP contribution is -2.18. The third-order valence-electron chi connectivity index (χ3n) is 3.39. The molecule has 0 aliphatic carbocycles. The normalized spacial score (nSPS) is 17.6. The Labute approximate surface area is 126 Å². The van der Waals surface area contributed by atoms with E-state index in [4.69, 9.17) is 11.6 Å². The molecule has 1 unspecified atom stereocenters. The molecular weight excluding hydrogens is 270 g/mol. The van der Waals surface area contributed by atoms with Crippen molar-refractivity contribution in [3.05, 3.63) is 53.1 Å². The van der Waals surface area contributed by atoms with Crippen molar-refractivity contribution in [1.82, 2.24) is 14.9 Å². The Balaban J connectivity index is 0.000000704. The first-order valence-electron chi connectivity index (χ1n) is 7.32. The van der Waals surface area contributed by atoms with Gasteiger partial charge in [0.25, 0.3) is 0 Å². The highest BCUT2D eigenvalue weighted by Crippen LogP contribution is 2.22. The Morgan fingerprint density at radius 3 is 2.70 bits per heavy atom. The second kappa shape index (κ2) is 7.46. The molecule has 4 heteroatoms. The van der Waals surface area contributed by atoms with E-state index in [2.05, 4.69) is 27.0 Å². The van der Waals surface area contributed by atoms with Crippen molar-refractivity contribution in [1.29, 1.82) is 0 Å². The molecule has 2 aromatic rings. The fourth-order valence-electron chi connectivity index (χ4n) is 2.46. The van der Waals surface area contributed by atoms with Gasteiger partial charge in [-0.2, -0.15) is 0 Å². The molecule has 0 radical (unpaired) electrons. The van der Waals surface area contributed by atoms with Crippen molar-refractivity contribution in [2.24, 2.45) is 0 Å². The Kier molecular flexibility index (Phi) is 5.62. The Morgan fingerprint density at radius 1 is 1.30 bits per heavy atom. The molecule has 1 aliphatic heterocycles. The number of imidazole rings is 1. The predicted molar refractivity (Wildman–Crippen MR) is 84.1 cm³/mol. The monoisotopic (exact) mass is 291 g/mol. The minimum absolute atomic E-state index is 0.410. The Morgan fingerprint density at radius 2 is 2.05 bits per heavy atom. The van der Waals surface area contributed by atoms with Crippen LogP contribution in [0.4, 0.5) is 0 Å². The summed E-state index contributed by atoms with van der Waals surface area (Å²) < 4.78 is 2.21. The third-order valence-corrected chi connectivity index (χ3v) is 3.64. The Bertz CT molecular complexity index is 513. The molecule has 0 spiro atoms. The van der Waals surface area contributed by atoms with Crippen molar-refractivity contribution < 1.29 is 0 Å². The summed E-state index contributed by atoms with van der Waals surface area (Å²) >= 11 is 5.90. The van der Waals surface area contributed by atoms with Crippen LogP contribution in [0.1, 0.15) is 44.1 Å². The molecule has 108 valence electrons. The maximum absolute atomic E-state index is 5.90. The number of aromatic nitrogens is 2. The van der Waals surface area contributed by atoms with Gasteiger partial charge in [-0.25, -0.2) is 4.98 Å². The fraction of sp³-hybridized carbons (Fsp3) is 0.438. The van der Waals surface area contributed by atoms with Crippen LogP contribution in [0.3, 0.4) is 0 Å². The van der Waals surface area contributed by atoms with E-state index in [1.165, 1.54) is 18.4 Å². The average molecular weight is 292 g/mol. The lowest BCUT2D eigenvalue weighted by molar-refractivity contribution is 0.565. The first kappa shape index (κ1) is 15.1. The maximum atomic E-state index is 5.90. The number of rotatable bonds is 3. The molecule has 0 amide bonds. The van der Waals surface area contributed by atoms with Crippen molar-refractivity contribution >= 4 is 11.6 Å². The van der Waals surface area contributed by atoms with E-state index in [1.807, 2.05) is 38.4 Å². The topological polar surface area (TPSA) is 29.9 Å². The van der Waals surface area contributed by atoms with Gasteiger partial charge in [0.2, 0.25) is 0 Å². The maximum Gasteiger partial charge on any atom is 0.126 e. The van der Waals surface area contributed by atoms with E-state index < -0.39 is 0 Å². The molecule has 1 atom stereocenters. The van der Waals surface area contributed by atoms with Gasteiger partial charge in [-0.15, -0.1) is 0 Å². The van der Waals surface area contributed by atoms with E-state index >= 15 is 0 Å². The minimum Gasteiger partial charge on any atom is -0.329 e. The van der Waals surface area contributed by atoms with Gasteiger partial charge >= 0.3 is 0 Å². The second-order valence-corrected chi connectivity index (χ2v) is 5.13. The summed E-state index contributed by atoms with van der Waals surface area (Å²) in [5.41, 5.74) is 1.25. The highest BCUT2D eigenvalue weighted by molar-refractivity contribution is 6.30. The van der Waals surface area contributed by atoms with Crippen molar-refractivity contribution in [2.75, 3.05) is 6.54 Å². The summed E-state index contributed by atoms with van der Waals surface area (Å²) in [5.74, 6) is 1.14. The van der Waals surface area contributed by atoms with Crippen LogP contribution >= 0.6 is 11.6 Å². The smallest absolute Gasteiger partial charge is 0.126 e. The van der Waals surface area contributed by atoms with Crippen LogP contribution in [0.25, 0.3) is 0 Å². The van der Waals surface area contributed by atoms with E-state index in [-0.39, 0.29) is 0 Å². The van der Waals surface area contributed by atoms with Crippen molar-refractivity contribution in [3.63, 3.8) is 0 Å². The second-order valence-electron chi connectivity index (χ2n) is 4.69. The average Bonchev–Trinajstić information content (AvgIpc) is 3.14. The summed E-state index contributed by atoms with van der Waals surface area (Å²) in [4.78, 5) is 4.49. The molecule has 20 heavy (non-hydrogen) atoms. The summed E-state index contributed by atoms with van der Waals surface area (Å²) in [7, 11) is 0. The standard InChI is InChI=1S/C14H16ClN3.C2H6/c15-12-5-3-11(4-6-12)10-18-9-8-17-14(18)13-2-1-7-16-13;1-2/h3-6,8-9,13,16H,1-2,7,10H2;1-2H3. The molecule has 1 aliphatic rings. The zero-order valence-corrected chi connectivity index (χ0v) is 12.9. The summed E-state index contributed by atoms with van der Waals surface area (Å²) in [6, 6.07) is 8.40. The van der Waals surface area contributed by atoms with Gasteiger partial charge in [0.1, 0.15) is 5.82 Å². The SMILES string of the molecule is CC.Clc1ccc(Cn2ccnc2C2CCCN2)cc1. The van der Waals surface area contributed by atoms with Crippen LogP contribution in [0.5, 0.6) is 0 Å². The minimum atomic E-state index is 0.410. The van der Waals surface area contributed by atoms with Crippen LogP contribution in [0.2, 0.25) is 5.02 Å². The highest BCUT2D eigenvalue weighted by atomic mass is 35.5. The zero-order valence-electron chi connectivity index (χ0n) is 12.1. The van der Waals surface area contributed by atoms with E-state index in [1.54, 1.807) is 0 Å². The molecule has 3 rings (SSSR count). The molecule has 0 saturated carbocycles.